The normalized spacial score (nSPS) is 16.8. The maximum absolute atomic E-state index is 13.2. The Labute approximate surface area is 175 Å². The zero-order chi connectivity index (χ0) is 20.4. The second-order valence-corrected chi connectivity index (χ2v) is 8.39. The van der Waals surface area contributed by atoms with Gasteiger partial charge in [-0.05, 0) is 30.0 Å². The summed E-state index contributed by atoms with van der Waals surface area (Å²) >= 11 is 2.89. The number of thiazole rings is 1. The van der Waals surface area contributed by atoms with Crippen LogP contribution in [0.2, 0.25) is 0 Å². The van der Waals surface area contributed by atoms with E-state index in [0.29, 0.717) is 20.6 Å². The van der Waals surface area contributed by atoms with Crippen LogP contribution in [0.4, 0.5) is 0 Å². The van der Waals surface area contributed by atoms with Crippen molar-refractivity contribution in [2.45, 2.75) is 13.0 Å². The highest BCUT2D eigenvalue weighted by molar-refractivity contribution is 7.11. The van der Waals surface area contributed by atoms with E-state index in [1.54, 1.807) is 22.8 Å². The zero-order valence-corrected chi connectivity index (χ0v) is 17.5. The molecule has 0 spiro atoms. The van der Waals surface area contributed by atoms with Crippen LogP contribution >= 0.6 is 22.7 Å². The van der Waals surface area contributed by atoms with Crippen molar-refractivity contribution in [1.82, 2.24) is 4.57 Å². The Hall–Kier alpha value is -3.03. The van der Waals surface area contributed by atoms with Crippen LogP contribution in [0.25, 0.3) is 12.2 Å². The van der Waals surface area contributed by atoms with Crippen molar-refractivity contribution in [3.05, 3.63) is 95.3 Å². The topological polar surface area (TPSA) is 60.7 Å². The van der Waals surface area contributed by atoms with Gasteiger partial charge in [0.2, 0.25) is 0 Å². The molecule has 3 heterocycles. The minimum absolute atomic E-state index is 0.168. The molecule has 1 atom stereocenters. The number of ether oxygens (including phenoxy) is 1. The lowest BCUT2D eigenvalue weighted by atomic mass is 10.0. The van der Waals surface area contributed by atoms with Crippen LogP contribution in [0.1, 0.15) is 23.4 Å². The molecule has 4 rings (SSSR count). The SMILES string of the molecule is COC(=O)C1=C(C)N=c2s/c(=C\c3cccs3)c(=O)n2C1/C=C/c1ccccc1. The summed E-state index contributed by atoms with van der Waals surface area (Å²) < 4.78 is 7.14. The first kappa shape index (κ1) is 19.3. The predicted molar refractivity (Wildman–Crippen MR) is 116 cm³/mol. The summed E-state index contributed by atoms with van der Waals surface area (Å²) in [6.45, 7) is 1.77. The number of rotatable bonds is 4. The van der Waals surface area contributed by atoms with Gasteiger partial charge in [-0.2, -0.15) is 0 Å². The van der Waals surface area contributed by atoms with Crippen LogP contribution < -0.4 is 14.9 Å². The molecule has 0 amide bonds. The van der Waals surface area contributed by atoms with E-state index in [-0.39, 0.29) is 5.56 Å². The lowest BCUT2D eigenvalue weighted by molar-refractivity contribution is -0.136. The number of carbonyl (C=O) groups excluding carboxylic acids is 1. The van der Waals surface area contributed by atoms with Crippen molar-refractivity contribution in [1.29, 1.82) is 0 Å². The standard InChI is InChI=1S/C22H18N2O3S2/c1-14-19(21(26)27-2)17(11-10-15-7-4-3-5-8-15)24-20(25)18(29-22(24)23-14)13-16-9-6-12-28-16/h3-13,17H,1-2H3/b11-10+,18-13-. The van der Waals surface area contributed by atoms with Crippen molar-refractivity contribution in [2.24, 2.45) is 4.99 Å². The molecule has 1 unspecified atom stereocenters. The van der Waals surface area contributed by atoms with E-state index < -0.39 is 12.0 Å². The van der Waals surface area contributed by atoms with Crippen molar-refractivity contribution < 1.29 is 9.53 Å². The number of allylic oxidation sites excluding steroid dienone is 2. The molecule has 0 bridgehead atoms. The molecule has 1 aromatic carbocycles. The molecule has 0 radical (unpaired) electrons. The highest BCUT2D eigenvalue weighted by Crippen LogP contribution is 2.26. The van der Waals surface area contributed by atoms with E-state index in [1.807, 2.05) is 66.1 Å². The van der Waals surface area contributed by atoms with Crippen LogP contribution in [-0.4, -0.2) is 17.6 Å². The molecular formula is C22H18N2O3S2. The molecule has 0 saturated carbocycles. The fraction of sp³-hybridized carbons (Fsp3) is 0.136. The Morgan fingerprint density at radius 2 is 2.00 bits per heavy atom. The third-order valence-electron chi connectivity index (χ3n) is 4.56. The summed E-state index contributed by atoms with van der Waals surface area (Å²) in [5.41, 5.74) is 1.74. The zero-order valence-electron chi connectivity index (χ0n) is 15.9. The average Bonchev–Trinajstić information content (AvgIpc) is 3.34. The highest BCUT2D eigenvalue weighted by Gasteiger charge is 2.29. The van der Waals surface area contributed by atoms with Gasteiger partial charge in [0.15, 0.2) is 4.80 Å². The van der Waals surface area contributed by atoms with Gasteiger partial charge in [0.1, 0.15) is 0 Å². The van der Waals surface area contributed by atoms with Crippen LogP contribution in [-0.2, 0) is 9.53 Å². The quantitative estimate of drug-likeness (QED) is 0.607. The maximum Gasteiger partial charge on any atom is 0.338 e. The summed E-state index contributed by atoms with van der Waals surface area (Å²) in [5, 5.41) is 1.97. The highest BCUT2D eigenvalue weighted by atomic mass is 32.1. The Morgan fingerprint density at radius 3 is 2.69 bits per heavy atom. The maximum atomic E-state index is 13.2. The Kier molecular flexibility index (Phi) is 5.42. The summed E-state index contributed by atoms with van der Waals surface area (Å²) in [6, 6.07) is 13.1. The monoisotopic (exact) mass is 422 g/mol. The molecular weight excluding hydrogens is 404 g/mol. The Balaban J connectivity index is 1.89. The molecule has 0 aliphatic carbocycles. The lowest BCUT2D eigenvalue weighted by Gasteiger charge is -2.21. The van der Waals surface area contributed by atoms with Crippen molar-refractivity contribution in [2.75, 3.05) is 7.11 Å². The number of carbonyl (C=O) groups is 1. The molecule has 29 heavy (non-hydrogen) atoms. The number of esters is 1. The molecule has 5 nitrogen and oxygen atoms in total. The summed E-state index contributed by atoms with van der Waals surface area (Å²) in [7, 11) is 1.34. The number of hydrogen-bond donors (Lipinski definition) is 0. The van der Waals surface area contributed by atoms with E-state index >= 15 is 0 Å². The molecule has 7 heteroatoms. The molecule has 0 saturated heterocycles. The smallest absolute Gasteiger partial charge is 0.338 e. The van der Waals surface area contributed by atoms with Gasteiger partial charge in [-0.15, -0.1) is 11.3 Å². The minimum Gasteiger partial charge on any atom is -0.466 e. The van der Waals surface area contributed by atoms with E-state index in [9.17, 15) is 9.59 Å². The van der Waals surface area contributed by atoms with Gasteiger partial charge < -0.3 is 4.74 Å². The van der Waals surface area contributed by atoms with E-state index in [4.69, 9.17) is 4.74 Å². The molecule has 1 aliphatic rings. The molecule has 0 N–H and O–H groups in total. The van der Waals surface area contributed by atoms with Crippen LogP contribution in [0, 0.1) is 0 Å². The third-order valence-corrected chi connectivity index (χ3v) is 6.36. The average molecular weight is 423 g/mol. The van der Waals surface area contributed by atoms with Crippen molar-refractivity contribution >= 4 is 40.8 Å². The second kappa shape index (κ2) is 8.14. The first-order valence-electron chi connectivity index (χ1n) is 8.96. The number of benzene rings is 1. The van der Waals surface area contributed by atoms with Gasteiger partial charge in [0.25, 0.3) is 5.56 Å². The number of aromatic nitrogens is 1. The first-order valence-corrected chi connectivity index (χ1v) is 10.7. The van der Waals surface area contributed by atoms with Crippen LogP contribution in [0.3, 0.4) is 0 Å². The van der Waals surface area contributed by atoms with Crippen molar-refractivity contribution in [3.8, 4) is 0 Å². The summed E-state index contributed by atoms with van der Waals surface area (Å²) in [6.07, 6.45) is 5.62. The summed E-state index contributed by atoms with van der Waals surface area (Å²) in [4.78, 5) is 31.8. The number of nitrogens with zero attached hydrogens (tertiary/aromatic N) is 2. The van der Waals surface area contributed by atoms with E-state index in [0.717, 1.165) is 10.4 Å². The third kappa shape index (κ3) is 3.79. The van der Waals surface area contributed by atoms with Gasteiger partial charge in [-0.3, -0.25) is 9.36 Å². The van der Waals surface area contributed by atoms with Crippen LogP contribution in [0.5, 0.6) is 0 Å². The largest absolute Gasteiger partial charge is 0.466 e. The molecule has 0 fully saturated rings. The second-order valence-electron chi connectivity index (χ2n) is 6.40. The molecule has 2 aromatic heterocycles. The van der Waals surface area contributed by atoms with Gasteiger partial charge >= 0.3 is 5.97 Å². The van der Waals surface area contributed by atoms with E-state index in [1.165, 1.54) is 18.4 Å². The lowest BCUT2D eigenvalue weighted by Crippen LogP contribution is -2.38. The number of fused-ring (bicyclic) bond motifs is 1. The minimum atomic E-state index is -0.579. The van der Waals surface area contributed by atoms with Crippen molar-refractivity contribution in [3.63, 3.8) is 0 Å². The number of methoxy groups -OCH3 is 1. The van der Waals surface area contributed by atoms with E-state index in [2.05, 4.69) is 4.99 Å². The van der Waals surface area contributed by atoms with Crippen LogP contribution in [0.15, 0.2) is 75.0 Å². The molecule has 146 valence electrons. The van der Waals surface area contributed by atoms with Gasteiger partial charge in [-0.25, -0.2) is 9.79 Å². The number of thiophene rings is 1. The molecule has 1 aliphatic heterocycles. The van der Waals surface area contributed by atoms with Gasteiger partial charge in [-0.1, -0.05) is 59.9 Å². The fourth-order valence-electron chi connectivity index (χ4n) is 3.19. The van der Waals surface area contributed by atoms with Gasteiger partial charge in [0.05, 0.1) is 29.0 Å². The van der Waals surface area contributed by atoms with Gasteiger partial charge in [0, 0.05) is 4.88 Å². The molecule has 3 aromatic rings. The first-order chi connectivity index (χ1) is 14.1. The predicted octanol–water partition coefficient (Wildman–Crippen LogP) is 3.13. The number of hydrogen-bond acceptors (Lipinski definition) is 6. The fourth-order valence-corrected chi connectivity index (χ4v) is 4.96. The Bertz CT molecular complexity index is 1280. The Morgan fingerprint density at radius 1 is 1.21 bits per heavy atom. The summed E-state index contributed by atoms with van der Waals surface area (Å²) in [5.74, 6) is -0.485.